The van der Waals surface area contributed by atoms with Crippen molar-refractivity contribution < 1.29 is 14.3 Å². The van der Waals surface area contributed by atoms with Crippen LogP contribution in [0.25, 0.3) is 0 Å². The highest BCUT2D eigenvalue weighted by Gasteiger charge is 2.45. The van der Waals surface area contributed by atoms with Gasteiger partial charge < -0.3 is 19.3 Å². The number of ether oxygens (including phenoxy) is 2. The first-order valence-corrected chi connectivity index (χ1v) is 10.2. The van der Waals surface area contributed by atoms with Crippen molar-refractivity contribution in [2.75, 3.05) is 64.1 Å². The molecule has 1 atom stereocenters. The molecule has 27 heavy (non-hydrogen) atoms. The highest BCUT2D eigenvalue weighted by atomic mass is 16.5. The summed E-state index contributed by atoms with van der Waals surface area (Å²) in [6.07, 6.45) is 0.858. The fourth-order valence-corrected chi connectivity index (χ4v) is 4.44. The molecular weight excluding hydrogens is 342 g/mol. The quantitative estimate of drug-likeness (QED) is 0.809. The molecule has 0 bridgehead atoms. The van der Waals surface area contributed by atoms with Crippen molar-refractivity contribution in [1.29, 1.82) is 0 Å². The summed E-state index contributed by atoms with van der Waals surface area (Å²) in [5.74, 6) is 0.0972. The molecule has 6 heteroatoms. The van der Waals surface area contributed by atoms with Crippen LogP contribution in [0, 0.1) is 0 Å². The van der Waals surface area contributed by atoms with E-state index in [0.29, 0.717) is 39.0 Å². The van der Waals surface area contributed by atoms with Crippen molar-refractivity contribution in [2.24, 2.45) is 0 Å². The fourth-order valence-electron chi connectivity index (χ4n) is 4.44. The lowest BCUT2D eigenvalue weighted by Crippen LogP contribution is -2.59. The zero-order chi connectivity index (χ0) is 18.9. The van der Waals surface area contributed by atoms with E-state index in [9.17, 15) is 4.79 Å². The van der Waals surface area contributed by atoms with Gasteiger partial charge in [-0.15, -0.1) is 0 Å². The van der Waals surface area contributed by atoms with Gasteiger partial charge >= 0.3 is 0 Å². The molecule has 1 aromatic carbocycles. The van der Waals surface area contributed by atoms with Crippen molar-refractivity contribution in [2.45, 2.75) is 31.8 Å². The Morgan fingerprint density at radius 2 is 1.63 bits per heavy atom. The van der Waals surface area contributed by atoms with Gasteiger partial charge in [-0.2, -0.15) is 0 Å². The molecule has 0 saturated carbocycles. The van der Waals surface area contributed by atoms with E-state index in [-0.39, 0.29) is 11.4 Å². The van der Waals surface area contributed by atoms with Crippen molar-refractivity contribution in [1.82, 2.24) is 9.80 Å². The van der Waals surface area contributed by atoms with Crippen molar-refractivity contribution in [3.8, 4) is 0 Å². The van der Waals surface area contributed by atoms with Crippen LogP contribution in [-0.4, -0.2) is 86.4 Å². The van der Waals surface area contributed by atoms with Crippen molar-refractivity contribution in [3.05, 3.63) is 29.8 Å². The summed E-state index contributed by atoms with van der Waals surface area (Å²) in [4.78, 5) is 20.1. The first kappa shape index (κ1) is 18.7. The van der Waals surface area contributed by atoms with Gasteiger partial charge in [0, 0.05) is 56.6 Å². The molecule has 0 aliphatic carbocycles. The number of carbonyl (C=O) groups is 1. The molecule has 4 rings (SSSR count). The maximum absolute atomic E-state index is 13.2. The Bertz CT molecular complexity index is 647. The predicted octanol–water partition coefficient (Wildman–Crippen LogP) is 1.85. The van der Waals surface area contributed by atoms with E-state index in [4.69, 9.17) is 9.47 Å². The highest BCUT2D eigenvalue weighted by molar-refractivity contribution is 5.95. The number of rotatable bonds is 3. The number of nitrogens with zero attached hydrogens (tertiary/aromatic N) is 3. The molecule has 148 valence electrons. The molecule has 3 fully saturated rings. The first-order chi connectivity index (χ1) is 13.1. The summed E-state index contributed by atoms with van der Waals surface area (Å²) in [5.41, 5.74) is 1.69. The third kappa shape index (κ3) is 3.71. The van der Waals surface area contributed by atoms with Crippen LogP contribution >= 0.6 is 0 Å². The summed E-state index contributed by atoms with van der Waals surface area (Å²) < 4.78 is 11.3. The smallest absolute Gasteiger partial charge is 0.254 e. The summed E-state index contributed by atoms with van der Waals surface area (Å²) in [6.45, 7) is 11.9. The Kier molecular flexibility index (Phi) is 5.39. The second-order valence-corrected chi connectivity index (χ2v) is 8.20. The molecule has 0 N–H and O–H groups in total. The van der Waals surface area contributed by atoms with E-state index in [1.165, 1.54) is 5.69 Å². The molecule has 1 aromatic rings. The van der Waals surface area contributed by atoms with E-state index in [1.807, 2.05) is 17.0 Å². The fraction of sp³-hybridized carbons (Fsp3) is 0.667. The molecular formula is C21H31N3O3. The minimum atomic E-state index is -0.277. The third-order valence-corrected chi connectivity index (χ3v) is 6.25. The second-order valence-electron chi connectivity index (χ2n) is 8.20. The molecule has 6 nitrogen and oxygen atoms in total. The van der Waals surface area contributed by atoms with E-state index in [2.05, 4.69) is 35.8 Å². The largest absolute Gasteiger partial charge is 0.379 e. The van der Waals surface area contributed by atoms with E-state index in [0.717, 1.165) is 38.2 Å². The number of morpholine rings is 1. The molecule has 3 saturated heterocycles. The van der Waals surface area contributed by atoms with Gasteiger partial charge in [-0.3, -0.25) is 9.69 Å². The zero-order valence-electron chi connectivity index (χ0n) is 16.5. The number of benzene rings is 1. The van der Waals surface area contributed by atoms with Gasteiger partial charge in [0.05, 0.1) is 25.4 Å². The molecule has 1 spiro atoms. The lowest BCUT2D eigenvalue weighted by atomic mass is 9.94. The molecule has 3 aliphatic heterocycles. The highest BCUT2D eigenvalue weighted by Crippen LogP contribution is 2.31. The molecule has 1 amide bonds. The van der Waals surface area contributed by atoms with Gasteiger partial charge in [0.15, 0.2) is 0 Å². The number of anilines is 1. The van der Waals surface area contributed by atoms with Crippen LogP contribution in [0.4, 0.5) is 5.69 Å². The van der Waals surface area contributed by atoms with Crippen molar-refractivity contribution >= 4 is 11.6 Å². The van der Waals surface area contributed by atoms with Crippen LogP contribution in [0.1, 0.15) is 30.6 Å². The number of hydrogen-bond acceptors (Lipinski definition) is 5. The topological polar surface area (TPSA) is 45.2 Å². The average molecular weight is 373 g/mol. The predicted molar refractivity (Wildman–Crippen MR) is 105 cm³/mol. The van der Waals surface area contributed by atoms with Gasteiger partial charge in [-0.25, -0.2) is 0 Å². The van der Waals surface area contributed by atoms with E-state index >= 15 is 0 Å². The van der Waals surface area contributed by atoms with E-state index in [1.54, 1.807) is 0 Å². The molecule has 3 heterocycles. The Labute approximate surface area is 162 Å². The number of piperazine rings is 1. The standard InChI is InChI=1S/C21H31N3O3/c1-17(2)22-8-10-23(11-9-22)19-5-3-18(4-6-19)20(25)24-12-14-27-16-21(24)7-13-26-15-21/h3-6,17H,7-16H2,1-2H3. The first-order valence-electron chi connectivity index (χ1n) is 10.2. The number of amides is 1. The maximum atomic E-state index is 13.2. The number of carbonyl (C=O) groups excluding carboxylic acids is 1. The van der Waals surface area contributed by atoms with Crippen LogP contribution in [0.5, 0.6) is 0 Å². The van der Waals surface area contributed by atoms with Crippen LogP contribution in [0.15, 0.2) is 24.3 Å². The molecule has 3 aliphatic rings. The van der Waals surface area contributed by atoms with Gasteiger partial charge in [-0.1, -0.05) is 0 Å². The average Bonchev–Trinajstić information content (AvgIpc) is 3.16. The monoisotopic (exact) mass is 373 g/mol. The Hall–Kier alpha value is -1.63. The van der Waals surface area contributed by atoms with Crippen molar-refractivity contribution in [3.63, 3.8) is 0 Å². The van der Waals surface area contributed by atoms with Crippen LogP contribution in [-0.2, 0) is 9.47 Å². The van der Waals surface area contributed by atoms with Gasteiger partial charge in [-0.05, 0) is 44.5 Å². The second kappa shape index (κ2) is 7.78. The molecule has 1 unspecified atom stereocenters. The van der Waals surface area contributed by atoms with Gasteiger partial charge in [0.25, 0.3) is 5.91 Å². The van der Waals surface area contributed by atoms with E-state index < -0.39 is 0 Å². The Morgan fingerprint density at radius 1 is 0.963 bits per heavy atom. The molecule has 0 aromatic heterocycles. The minimum Gasteiger partial charge on any atom is -0.379 e. The molecule has 0 radical (unpaired) electrons. The van der Waals surface area contributed by atoms with Crippen LogP contribution in [0.2, 0.25) is 0 Å². The normalized spacial score (nSPS) is 26.9. The summed E-state index contributed by atoms with van der Waals surface area (Å²) >= 11 is 0. The third-order valence-electron chi connectivity index (χ3n) is 6.25. The minimum absolute atomic E-state index is 0.0972. The summed E-state index contributed by atoms with van der Waals surface area (Å²) in [7, 11) is 0. The van der Waals surface area contributed by atoms with Crippen LogP contribution < -0.4 is 4.90 Å². The Balaban J connectivity index is 1.43. The lowest BCUT2D eigenvalue weighted by molar-refractivity contribution is -0.0550. The lowest BCUT2D eigenvalue weighted by Gasteiger charge is -2.43. The maximum Gasteiger partial charge on any atom is 0.254 e. The number of hydrogen-bond donors (Lipinski definition) is 0. The summed E-state index contributed by atoms with van der Waals surface area (Å²) in [6, 6.07) is 8.75. The SMILES string of the molecule is CC(C)N1CCN(c2ccc(C(=O)N3CCOCC34CCOC4)cc2)CC1. The van der Waals surface area contributed by atoms with Gasteiger partial charge in [0.2, 0.25) is 0 Å². The zero-order valence-corrected chi connectivity index (χ0v) is 16.5. The van der Waals surface area contributed by atoms with Crippen LogP contribution in [0.3, 0.4) is 0 Å². The Morgan fingerprint density at radius 3 is 2.26 bits per heavy atom. The summed E-state index contributed by atoms with van der Waals surface area (Å²) in [5, 5.41) is 0. The van der Waals surface area contributed by atoms with Gasteiger partial charge in [0.1, 0.15) is 0 Å².